The van der Waals surface area contributed by atoms with Crippen LogP contribution in [0, 0.1) is 57.0 Å². The van der Waals surface area contributed by atoms with Crippen molar-refractivity contribution in [3.8, 4) is 18.2 Å². The summed E-state index contributed by atoms with van der Waals surface area (Å²) in [5.74, 6) is -3.30. The van der Waals surface area contributed by atoms with E-state index in [0.717, 1.165) is 18.7 Å². The second-order valence-electron chi connectivity index (χ2n) is 6.70. The zero-order valence-corrected chi connectivity index (χ0v) is 14.7. The molecule has 136 valence electrons. The van der Waals surface area contributed by atoms with Gasteiger partial charge in [-0.05, 0) is 29.8 Å². The van der Waals surface area contributed by atoms with Crippen molar-refractivity contribution < 1.29 is 8.78 Å². The maximum Gasteiger partial charge on any atom is 0.191 e. The SMILES string of the molecule is CCN1CC=C2C(C#N)=C(N)C(C#N)(C#N)[C@H](c3ccc(F)c(F)c3)[C@@H]2C1. The van der Waals surface area contributed by atoms with Crippen LogP contribution in [0.25, 0.3) is 0 Å². The Morgan fingerprint density at radius 3 is 2.48 bits per heavy atom. The molecule has 1 aliphatic carbocycles. The summed E-state index contributed by atoms with van der Waals surface area (Å²) in [6.45, 7) is 3.80. The second-order valence-corrected chi connectivity index (χ2v) is 6.70. The first-order valence-electron chi connectivity index (χ1n) is 8.54. The van der Waals surface area contributed by atoms with Gasteiger partial charge in [0.1, 0.15) is 6.07 Å². The fourth-order valence-electron chi connectivity index (χ4n) is 4.08. The minimum atomic E-state index is -1.84. The first-order valence-corrected chi connectivity index (χ1v) is 8.54. The quantitative estimate of drug-likeness (QED) is 0.868. The molecule has 1 aliphatic heterocycles. The fraction of sp³-hybridized carbons (Fsp3) is 0.350. The van der Waals surface area contributed by atoms with E-state index in [9.17, 15) is 24.6 Å². The van der Waals surface area contributed by atoms with Crippen molar-refractivity contribution in [2.24, 2.45) is 17.1 Å². The van der Waals surface area contributed by atoms with Crippen LogP contribution in [0.2, 0.25) is 0 Å². The molecule has 0 amide bonds. The predicted molar refractivity (Wildman–Crippen MR) is 93.3 cm³/mol. The Balaban J connectivity index is 2.32. The van der Waals surface area contributed by atoms with Gasteiger partial charge in [0.15, 0.2) is 17.0 Å². The van der Waals surface area contributed by atoms with Crippen LogP contribution in [0.3, 0.4) is 0 Å². The van der Waals surface area contributed by atoms with Crippen molar-refractivity contribution >= 4 is 0 Å². The van der Waals surface area contributed by atoms with Crippen LogP contribution in [-0.4, -0.2) is 24.5 Å². The molecular weight excluding hydrogens is 348 g/mol. The molecule has 2 N–H and O–H groups in total. The molecule has 0 saturated heterocycles. The number of hydrogen-bond donors (Lipinski definition) is 1. The fourth-order valence-corrected chi connectivity index (χ4v) is 4.08. The van der Waals surface area contributed by atoms with E-state index in [1.807, 2.05) is 31.2 Å². The van der Waals surface area contributed by atoms with Crippen LogP contribution in [0.15, 0.2) is 41.1 Å². The molecule has 1 aromatic carbocycles. The summed E-state index contributed by atoms with van der Waals surface area (Å²) >= 11 is 0. The van der Waals surface area contributed by atoms with Gasteiger partial charge in [0, 0.05) is 24.9 Å². The molecule has 7 heteroatoms. The van der Waals surface area contributed by atoms with Gasteiger partial charge in [-0.25, -0.2) is 8.78 Å². The summed E-state index contributed by atoms with van der Waals surface area (Å²) in [5.41, 5.74) is 5.29. The zero-order chi connectivity index (χ0) is 19.8. The van der Waals surface area contributed by atoms with E-state index in [-0.39, 0.29) is 11.3 Å². The summed E-state index contributed by atoms with van der Waals surface area (Å²) in [5, 5.41) is 29.4. The van der Waals surface area contributed by atoms with Crippen molar-refractivity contribution in [3.63, 3.8) is 0 Å². The molecule has 0 saturated carbocycles. The normalized spacial score (nSPS) is 24.2. The highest BCUT2D eigenvalue weighted by atomic mass is 19.2. The number of hydrogen-bond acceptors (Lipinski definition) is 5. The Bertz CT molecular complexity index is 960. The van der Waals surface area contributed by atoms with Gasteiger partial charge in [0.25, 0.3) is 0 Å². The largest absolute Gasteiger partial charge is 0.399 e. The zero-order valence-electron chi connectivity index (χ0n) is 14.7. The molecule has 0 unspecified atom stereocenters. The van der Waals surface area contributed by atoms with Crippen LogP contribution in [0.5, 0.6) is 0 Å². The predicted octanol–water partition coefficient (Wildman–Crippen LogP) is 2.71. The molecule has 3 rings (SSSR count). The van der Waals surface area contributed by atoms with E-state index in [4.69, 9.17) is 5.73 Å². The van der Waals surface area contributed by atoms with Gasteiger partial charge in [-0.3, -0.25) is 4.90 Å². The van der Waals surface area contributed by atoms with Crippen molar-refractivity contribution in [1.82, 2.24) is 4.90 Å². The molecule has 1 aromatic rings. The lowest BCUT2D eigenvalue weighted by molar-refractivity contribution is 0.214. The van der Waals surface area contributed by atoms with E-state index in [1.165, 1.54) is 6.07 Å². The Morgan fingerprint density at radius 2 is 1.93 bits per heavy atom. The highest BCUT2D eigenvalue weighted by Gasteiger charge is 2.54. The summed E-state index contributed by atoms with van der Waals surface area (Å²) in [7, 11) is 0. The molecule has 5 nitrogen and oxygen atoms in total. The average molecular weight is 365 g/mol. The Labute approximate surface area is 156 Å². The van der Waals surface area contributed by atoms with E-state index >= 15 is 0 Å². The lowest BCUT2D eigenvalue weighted by Gasteiger charge is -2.45. The smallest absolute Gasteiger partial charge is 0.191 e. The van der Waals surface area contributed by atoms with Gasteiger partial charge >= 0.3 is 0 Å². The topological polar surface area (TPSA) is 101 Å². The Kier molecular flexibility index (Phi) is 4.70. The highest BCUT2D eigenvalue weighted by Crippen LogP contribution is 2.54. The maximum atomic E-state index is 13.9. The first-order chi connectivity index (χ1) is 12.9. The highest BCUT2D eigenvalue weighted by molar-refractivity contribution is 5.59. The number of nitriles is 3. The van der Waals surface area contributed by atoms with Gasteiger partial charge in [0.05, 0.1) is 23.4 Å². The van der Waals surface area contributed by atoms with E-state index in [1.54, 1.807) is 0 Å². The van der Waals surface area contributed by atoms with Gasteiger partial charge in [-0.1, -0.05) is 19.1 Å². The third-order valence-electron chi connectivity index (χ3n) is 5.49. The van der Waals surface area contributed by atoms with Crippen LogP contribution < -0.4 is 5.73 Å². The van der Waals surface area contributed by atoms with E-state index in [2.05, 4.69) is 4.90 Å². The van der Waals surface area contributed by atoms with Crippen molar-refractivity contribution in [1.29, 1.82) is 15.8 Å². The number of allylic oxidation sites excluding steroid dienone is 2. The molecule has 1 heterocycles. The summed E-state index contributed by atoms with van der Waals surface area (Å²) in [4.78, 5) is 2.09. The molecule has 0 bridgehead atoms. The van der Waals surface area contributed by atoms with Crippen LogP contribution >= 0.6 is 0 Å². The number of fused-ring (bicyclic) bond motifs is 1. The monoisotopic (exact) mass is 365 g/mol. The van der Waals surface area contributed by atoms with Gasteiger partial charge in [0.2, 0.25) is 0 Å². The Morgan fingerprint density at radius 1 is 1.22 bits per heavy atom. The first kappa shape index (κ1) is 18.6. The van der Waals surface area contributed by atoms with Crippen LogP contribution in [0.4, 0.5) is 8.78 Å². The summed E-state index contributed by atoms with van der Waals surface area (Å²) in [6, 6.07) is 9.34. The number of nitrogens with zero attached hydrogens (tertiary/aromatic N) is 4. The molecule has 2 aliphatic rings. The standard InChI is InChI=1S/C20H17F2N5/c1-2-27-6-5-13-14(8-23)19(26)20(10-24,11-25)18(15(13)9-27)12-3-4-16(21)17(22)7-12/h3-5,7,15,18H,2,6,9,26H2,1H3/t15-,18-/m1/s1. The summed E-state index contributed by atoms with van der Waals surface area (Å²) in [6.07, 6.45) is 1.87. The number of halogens is 2. The van der Waals surface area contributed by atoms with Crippen molar-refractivity contribution in [3.05, 3.63) is 58.3 Å². The molecule has 0 radical (unpaired) electrons. The second kappa shape index (κ2) is 6.83. The van der Waals surface area contributed by atoms with Crippen LogP contribution in [-0.2, 0) is 0 Å². The lowest BCUT2D eigenvalue weighted by Crippen LogP contribution is -2.48. The van der Waals surface area contributed by atoms with E-state index < -0.39 is 28.9 Å². The number of likely N-dealkylation sites (N-methyl/N-ethyl adjacent to an activating group) is 1. The third kappa shape index (κ3) is 2.67. The van der Waals surface area contributed by atoms with Crippen molar-refractivity contribution in [2.75, 3.05) is 19.6 Å². The number of nitrogens with two attached hydrogens (primary N) is 1. The van der Waals surface area contributed by atoms with Crippen LogP contribution in [0.1, 0.15) is 18.4 Å². The van der Waals surface area contributed by atoms with E-state index in [0.29, 0.717) is 24.2 Å². The number of benzene rings is 1. The van der Waals surface area contributed by atoms with Gasteiger partial charge < -0.3 is 5.73 Å². The number of rotatable bonds is 2. The Hall–Kier alpha value is -3.21. The van der Waals surface area contributed by atoms with Gasteiger partial charge in [-0.15, -0.1) is 0 Å². The minimum Gasteiger partial charge on any atom is -0.399 e. The molecule has 0 aromatic heterocycles. The average Bonchev–Trinajstić information content (AvgIpc) is 2.69. The molecular formula is C20H17F2N5. The molecule has 0 spiro atoms. The minimum absolute atomic E-state index is 0.128. The summed E-state index contributed by atoms with van der Waals surface area (Å²) < 4.78 is 27.4. The molecule has 2 atom stereocenters. The lowest BCUT2D eigenvalue weighted by atomic mass is 9.58. The molecule has 27 heavy (non-hydrogen) atoms. The molecule has 0 fully saturated rings. The van der Waals surface area contributed by atoms with Crippen molar-refractivity contribution in [2.45, 2.75) is 12.8 Å². The van der Waals surface area contributed by atoms with Gasteiger partial charge in [-0.2, -0.15) is 15.8 Å². The maximum absolute atomic E-state index is 13.9. The third-order valence-corrected chi connectivity index (χ3v) is 5.49.